The van der Waals surface area contributed by atoms with Crippen LogP contribution in [0.2, 0.25) is 0 Å². The highest BCUT2D eigenvalue weighted by Crippen LogP contribution is 2.58. The van der Waals surface area contributed by atoms with Gasteiger partial charge < -0.3 is 15.3 Å². The number of carbonyl (C=O) groups excluding carboxylic acids is 1. The van der Waals surface area contributed by atoms with Crippen LogP contribution >= 0.6 is 0 Å². The third-order valence-corrected chi connectivity index (χ3v) is 6.45. The van der Waals surface area contributed by atoms with Crippen LogP contribution in [0, 0.1) is 16.7 Å². The Kier molecular flexibility index (Phi) is 3.90. The van der Waals surface area contributed by atoms with Crippen LogP contribution in [0.25, 0.3) is 0 Å². The van der Waals surface area contributed by atoms with Crippen molar-refractivity contribution in [2.45, 2.75) is 51.7 Å². The van der Waals surface area contributed by atoms with Crippen molar-refractivity contribution in [2.24, 2.45) is 16.7 Å². The van der Waals surface area contributed by atoms with Gasteiger partial charge in [-0.1, -0.05) is 25.5 Å². The topological polar surface area (TPSA) is 77.8 Å². The summed E-state index contributed by atoms with van der Waals surface area (Å²) in [6, 6.07) is 0. The van der Waals surface area contributed by atoms with Crippen molar-refractivity contribution >= 4 is 5.78 Å². The number of fused-ring (bicyclic) bond motifs is 2. The van der Waals surface area contributed by atoms with E-state index in [1.54, 1.807) is 0 Å². The molecule has 3 aliphatic rings. The summed E-state index contributed by atoms with van der Waals surface area (Å²) in [6.45, 7) is 7.76. The van der Waals surface area contributed by atoms with Crippen LogP contribution in [-0.2, 0) is 4.79 Å². The Bertz CT molecular complexity index is 617. The highest BCUT2D eigenvalue weighted by Gasteiger charge is 2.55. The molecule has 0 saturated heterocycles. The van der Waals surface area contributed by atoms with Crippen LogP contribution in [0.5, 0.6) is 0 Å². The standard InChI is InChI=1S/C19H26O4/c1-4-18(2)6-5-13-12(9-18)15(21)8-14-11(10-20)7-16(22)17(23)19(13,14)3/h4,7,14-15,17,20-21,23H,1,5-6,8-10H2,2-3H3/t14-,15+,17+,18+,19+/m0/s1. The van der Waals surface area contributed by atoms with E-state index in [1.807, 2.05) is 13.0 Å². The third-order valence-electron chi connectivity index (χ3n) is 6.45. The second kappa shape index (κ2) is 5.40. The lowest BCUT2D eigenvalue weighted by molar-refractivity contribution is -0.132. The van der Waals surface area contributed by atoms with E-state index in [4.69, 9.17) is 0 Å². The zero-order valence-corrected chi connectivity index (χ0v) is 13.9. The smallest absolute Gasteiger partial charge is 0.185 e. The summed E-state index contributed by atoms with van der Waals surface area (Å²) in [4.78, 5) is 12.2. The van der Waals surface area contributed by atoms with Gasteiger partial charge in [-0.25, -0.2) is 0 Å². The van der Waals surface area contributed by atoms with Crippen molar-refractivity contribution in [3.63, 3.8) is 0 Å². The van der Waals surface area contributed by atoms with Crippen LogP contribution < -0.4 is 0 Å². The van der Waals surface area contributed by atoms with Crippen LogP contribution in [0.4, 0.5) is 0 Å². The molecule has 0 amide bonds. The molecule has 0 aromatic heterocycles. The van der Waals surface area contributed by atoms with Gasteiger partial charge in [-0.3, -0.25) is 4.79 Å². The number of rotatable bonds is 2. The van der Waals surface area contributed by atoms with Gasteiger partial charge in [0.1, 0.15) is 6.10 Å². The molecule has 0 bridgehead atoms. The lowest BCUT2D eigenvalue weighted by Gasteiger charge is -2.53. The molecule has 4 heteroatoms. The Hall–Kier alpha value is -1.23. The molecule has 0 unspecified atom stereocenters. The summed E-state index contributed by atoms with van der Waals surface area (Å²) in [5.41, 5.74) is 1.83. The number of aliphatic hydroxyl groups is 3. The van der Waals surface area contributed by atoms with E-state index in [2.05, 4.69) is 13.5 Å². The average molecular weight is 318 g/mol. The van der Waals surface area contributed by atoms with E-state index >= 15 is 0 Å². The summed E-state index contributed by atoms with van der Waals surface area (Å²) in [5.74, 6) is -0.532. The molecule has 0 radical (unpaired) electrons. The lowest BCUT2D eigenvalue weighted by atomic mass is 9.52. The van der Waals surface area contributed by atoms with Crippen LogP contribution in [0.1, 0.15) is 39.5 Å². The van der Waals surface area contributed by atoms with Gasteiger partial charge in [0, 0.05) is 5.41 Å². The van der Waals surface area contributed by atoms with Gasteiger partial charge >= 0.3 is 0 Å². The first-order chi connectivity index (χ1) is 10.8. The van der Waals surface area contributed by atoms with Gasteiger partial charge in [-0.05, 0) is 54.2 Å². The maximum absolute atomic E-state index is 12.2. The lowest BCUT2D eigenvalue weighted by Crippen LogP contribution is -2.54. The second-order valence-electron chi connectivity index (χ2n) is 7.81. The Morgan fingerprint density at radius 3 is 2.70 bits per heavy atom. The van der Waals surface area contributed by atoms with E-state index < -0.39 is 17.6 Å². The Balaban J connectivity index is 2.14. The largest absolute Gasteiger partial charge is 0.392 e. The average Bonchev–Trinajstić information content (AvgIpc) is 2.54. The van der Waals surface area contributed by atoms with E-state index in [9.17, 15) is 20.1 Å². The van der Waals surface area contributed by atoms with E-state index in [0.29, 0.717) is 18.4 Å². The summed E-state index contributed by atoms with van der Waals surface area (Å²) < 4.78 is 0. The molecule has 0 saturated carbocycles. The van der Waals surface area contributed by atoms with Crippen molar-refractivity contribution in [1.82, 2.24) is 0 Å². The molecular weight excluding hydrogens is 292 g/mol. The van der Waals surface area contributed by atoms with Gasteiger partial charge in [0.05, 0.1) is 12.7 Å². The van der Waals surface area contributed by atoms with E-state index in [1.165, 1.54) is 6.08 Å². The Morgan fingerprint density at radius 1 is 1.39 bits per heavy atom. The molecule has 4 nitrogen and oxygen atoms in total. The fourth-order valence-electron chi connectivity index (χ4n) is 4.84. The number of allylic oxidation sites excluding steroid dienone is 1. The van der Waals surface area contributed by atoms with Crippen LogP contribution in [0.3, 0.4) is 0 Å². The van der Waals surface area contributed by atoms with Crippen molar-refractivity contribution in [1.29, 1.82) is 0 Å². The maximum atomic E-state index is 12.2. The molecule has 0 aliphatic heterocycles. The first-order valence-electron chi connectivity index (χ1n) is 8.34. The van der Waals surface area contributed by atoms with E-state index in [-0.39, 0.29) is 23.7 Å². The number of hydrogen-bond donors (Lipinski definition) is 3. The summed E-state index contributed by atoms with van der Waals surface area (Å²) >= 11 is 0. The van der Waals surface area contributed by atoms with Crippen molar-refractivity contribution in [3.8, 4) is 0 Å². The first-order valence-corrected chi connectivity index (χ1v) is 8.34. The summed E-state index contributed by atoms with van der Waals surface area (Å²) in [7, 11) is 0. The van der Waals surface area contributed by atoms with Crippen LogP contribution in [0.15, 0.2) is 35.5 Å². The predicted octanol–water partition coefficient (Wildman–Crippen LogP) is 1.91. The molecule has 0 spiro atoms. The zero-order chi connectivity index (χ0) is 17.0. The minimum Gasteiger partial charge on any atom is -0.392 e. The summed E-state index contributed by atoms with van der Waals surface area (Å²) in [6.07, 6.45) is 4.42. The molecule has 3 N–H and O–H groups in total. The second-order valence-corrected chi connectivity index (χ2v) is 7.81. The molecule has 0 aromatic carbocycles. The predicted molar refractivity (Wildman–Crippen MR) is 87.6 cm³/mol. The molecule has 23 heavy (non-hydrogen) atoms. The Morgan fingerprint density at radius 2 is 2.09 bits per heavy atom. The minimum atomic E-state index is -1.10. The monoisotopic (exact) mass is 318 g/mol. The SMILES string of the molecule is C=C[C@]1(C)CCC2=C(C1)[C@H](O)C[C@H]1C(CO)=CC(=O)[C@@H](O)[C@]21C. The number of aliphatic hydroxyl groups excluding tert-OH is 3. The number of ketones is 1. The Labute approximate surface area is 137 Å². The van der Waals surface area contributed by atoms with Crippen molar-refractivity contribution in [3.05, 3.63) is 35.5 Å². The fraction of sp³-hybridized carbons (Fsp3) is 0.632. The van der Waals surface area contributed by atoms with E-state index in [0.717, 1.165) is 24.0 Å². The molecular formula is C19H26O4. The zero-order valence-electron chi connectivity index (χ0n) is 13.9. The van der Waals surface area contributed by atoms with Gasteiger partial charge in [0.25, 0.3) is 0 Å². The van der Waals surface area contributed by atoms with Crippen molar-refractivity contribution in [2.75, 3.05) is 6.61 Å². The van der Waals surface area contributed by atoms with Gasteiger partial charge in [0.15, 0.2) is 5.78 Å². The molecule has 0 aromatic rings. The van der Waals surface area contributed by atoms with Gasteiger partial charge in [-0.2, -0.15) is 0 Å². The summed E-state index contributed by atoms with van der Waals surface area (Å²) in [5, 5.41) is 31.0. The van der Waals surface area contributed by atoms with Crippen molar-refractivity contribution < 1.29 is 20.1 Å². The van der Waals surface area contributed by atoms with Crippen LogP contribution in [-0.4, -0.2) is 39.9 Å². The highest BCUT2D eigenvalue weighted by molar-refractivity contribution is 5.96. The molecule has 0 heterocycles. The molecule has 3 rings (SSSR count). The third kappa shape index (κ3) is 2.27. The quantitative estimate of drug-likeness (QED) is 0.680. The highest BCUT2D eigenvalue weighted by atomic mass is 16.3. The maximum Gasteiger partial charge on any atom is 0.185 e. The normalized spacial score (nSPS) is 43.6. The van der Waals surface area contributed by atoms with Gasteiger partial charge in [-0.15, -0.1) is 6.58 Å². The fourth-order valence-corrected chi connectivity index (χ4v) is 4.84. The number of carbonyl (C=O) groups is 1. The molecule has 3 aliphatic carbocycles. The molecule has 126 valence electrons. The van der Waals surface area contributed by atoms with Gasteiger partial charge in [0.2, 0.25) is 0 Å². The number of hydrogen-bond acceptors (Lipinski definition) is 4. The molecule has 5 atom stereocenters. The first kappa shape index (κ1) is 16.6. The minimum absolute atomic E-state index is 0.0533. The molecule has 0 fully saturated rings.